The number of aromatic nitrogens is 3. The van der Waals surface area contributed by atoms with Crippen LogP contribution in [0.15, 0.2) is 24.3 Å². The molecule has 0 atom stereocenters. The Hall–Kier alpha value is -2.09. The fourth-order valence-corrected chi connectivity index (χ4v) is 1.64. The number of carbonyl (C=O) groups is 1. The lowest BCUT2D eigenvalue weighted by molar-refractivity contribution is -0.141. The maximum atomic E-state index is 12.8. The molecule has 2 rings (SSSR count). The molecule has 20 heavy (non-hydrogen) atoms. The Kier molecular flexibility index (Phi) is 3.67. The van der Waals surface area contributed by atoms with Crippen molar-refractivity contribution in [1.82, 2.24) is 15.0 Å². The van der Waals surface area contributed by atoms with E-state index in [9.17, 15) is 18.0 Å². The Bertz CT molecular complexity index is 637. The molecule has 0 saturated carbocycles. The van der Waals surface area contributed by atoms with Gasteiger partial charge in [0.2, 0.25) is 5.69 Å². The van der Waals surface area contributed by atoms with Gasteiger partial charge < -0.3 is 4.74 Å². The van der Waals surface area contributed by atoms with Crippen LogP contribution < -0.4 is 0 Å². The summed E-state index contributed by atoms with van der Waals surface area (Å²) < 4.78 is 43.5. The second kappa shape index (κ2) is 5.12. The Morgan fingerprint density at radius 3 is 2.40 bits per heavy atom. The van der Waals surface area contributed by atoms with Gasteiger partial charge >= 0.3 is 12.1 Å². The Labute approximate surface area is 115 Å². The number of hydrogen-bond donors (Lipinski definition) is 0. The molecule has 0 N–H and O–H groups in total. The van der Waals surface area contributed by atoms with Crippen LogP contribution in [0.5, 0.6) is 0 Å². The minimum absolute atomic E-state index is 0.206. The van der Waals surface area contributed by atoms with Gasteiger partial charge in [-0.15, -0.1) is 5.10 Å². The number of methoxy groups -OCH3 is 1. The van der Waals surface area contributed by atoms with Crippen LogP contribution in [0.2, 0.25) is 5.02 Å². The van der Waals surface area contributed by atoms with E-state index in [0.29, 0.717) is 5.02 Å². The van der Waals surface area contributed by atoms with Crippen LogP contribution in [-0.2, 0) is 10.9 Å². The average molecular weight is 306 g/mol. The molecule has 0 aliphatic heterocycles. The van der Waals surface area contributed by atoms with Crippen LogP contribution in [0.4, 0.5) is 13.2 Å². The number of esters is 1. The second-order valence-corrected chi connectivity index (χ2v) is 4.10. The molecule has 2 aromatic rings. The first kappa shape index (κ1) is 14.3. The zero-order valence-corrected chi connectivity index (χ0v) is 10.7. The monoisotopic (exact) mass is 305 g/mol. The predicted molar refractivity (Wildman–Crippen MR) is 62.7 cm³/mol. The van der Waals surface area contributed by atoms with Gasteiger partial charge in [0.15, 0.2) is 5.69 Å². The van der Waals surface area contributed by atoms with Crippen molar-refractivity contribution in [3.63, 3.8) is 0 Å². The minimum Gasteiger partial charge on any atom is -0.464 e. The van der Waals surface area contributed by atoms with Crippen molar-refractivity contribution in [1.29, 1.82) is 0 Å². The summed E-state index contributed by atoms with van der Waals surface area (Å²) in [5.41, 5.74) is -1.99. The molecule has 0 amide bonds. The summed E-state index contributed by atoms with van der Waals surface area (Å²) in [6, 6.07) is 5.72. The molecule has 5 nitrogen and oxygen atoms in total. The third kappa shape index (κ3) is 2.60. The first-order valence-corrected chi connectivity index (χ1v) is 5.59. The molecule has 0 spiro atoms. The molecule has 106 valence electrons. The first-order chi connectivity index (χ1) is 9.34. The van der Waals surface area contributed by atoms with E-state index in [0.717, 1.165) is 11.8 Å². The topological polar surface area (TPSA) is 57.0 Å². The van der Waals surface area contributed by atoms with Crippen molar-refractivity contribution < 1.29 is 22.7 Å². The summed E-state index contributed by atoms with van der Waals surface area (Å²) in [7, 11) is 0.974. The predicted octanol–water partition coefficient (Wildman–Crippen LogP) is 2.73. The van der Waals surface area contributed by atoms with Gasteiger partial charge in [-0.25, -0.2) is 9.48 Å². The lowest BCUT2D eigenvalue weighted by Crippen LogP contribution is -2.17. The molecule has 0 bridgehead atoms. The lowest BCUT2D eigenvalue weighted by atomic mass is 10.2. The normalized spacial score (nSPS) is 11.4. The van der Waals surface area contributed by atoms with E-state index in [-0.39, 0.29) is 5.69 Å². The summed E-state index contributed by atoms with van der Waals surface area (Å²) in [5, 5.41) is 6.76. The lowest BCUT2D eigenvalue weighted by Gasteiger charge is -2.07. The summed E-state index contributed by atoms with van der Waals surface area (Å²) in [6.07, 6.45) is -4.81. The zero-order valence-electron chi connectivity index (χ0n) is 9.98. The maximum Gasteiger partial charge on any atom is 0.437 e. The average Bonchev–Trinajstić information content (AvgIpc) is 2.83. The third-order valence-corrected chi connectivity index (χ3v) is 2.64. The van der Waals surface area contributed by atoms with Crippen LogP contribution in [0.25, 0.3) is 5.69 Å². The molecule has 0 unspecified atom stereocenters. The van der Waals surface area contributed by atoms with Crippen molar-refractivity contribution in [2.75, 3.05) is 7.11 Å². The van der Waals surface area contributed by atoms with Crippen LogP contribution in [-0.4, -0.2) is 28.1 Å². The van der Waals surface area contributed by atoms with Crippen molar-refractivity contribution in [3.8, 4) is 5.69 Å². The molecule has 1 heterocycles. The van der Waals surface area contributed by atoms with E-state index in [1.54, 1.807) is 0 Å². The Morgan fingerprint density at radius 2 is 1.90 bits per heavy atom. The van der Waals surface area contributed by atoms with Crippen molar-refractivity contribution in [2.24, 2.45) is 0 Å². The minimum atomic E-state index is -4.81. The second-order valence-electron chi connectivity index (χ2n) is 3.66. The van der Waals surface area contributed by atoms with Gasteiger partial charge in [-0.1, -0.05) is 16.8 Å². The smallest absolute Gasteiger partial charge is 0.437 e. The third-order valence-electron chi connectivity index (χ3n) is 2.39. The van der Waals surface area contributed by atoms with E-state index in [1.165, 1.54) is 24.3 Å². The Balaban J connectivity index is 2.62. The van der Waals surface area contributed by atoms with Crippen LogP contribution in [0.1, 0.15) is 16.2 Å². The summed E-state index contributed by atoms with van der Waals surface area (Å²) in [5.74, 6) is -1.18. The number of hydrogen-bond acceptors (Lipinski definition) is 4. The maximum absolute atomic E-state index is 12.8. The molecule has 0 saturated heterocycles. The number of halogens is 4. The number of benzene rings is 1. The summed E-state index contributed by atoms with van der Waals surface area (Å²) in [6.45, 7) is 0. The van der Waals surface area contributed by atoms with Crippen molar-refractivity contribution in [3.05, 3.63) is 40.7 Å². The summed E-state index contributed by atoms with van der Waals surface area (Å²) in [4.78, 5) is 11.6. The number of nitrogens with zero attached hydrogens (tertiary/aromatic N) is 3. The van der Waals surface area contributed by atoms with Crippen LogP contribution in [0, 0.1) is 0 Å². The van der Waals surface area contributed by atoms with Gasteiger partial charge in [-0.05, 0) is 24.3 Å². The molecule has 1 aromatic carbocycles. The van der Waals surface area contributed by atoms with E-state index >= 15 is 0 Å². The molecule has 0 radical (unpaired) electrons. The van der Waals surface area contributed by atoms with Gasteiger partial charge in [-0.3, -0.25) is 0 Å². The van der Waals surface area contributed by atoms with Crippen LogP contribution >= 0.6 is 11.6 Å². The largest absolute Gasteiger partial charge is 0.464 e. The zero-order chi connectivity index (χ0) is 14.9. The first-order valence-electron chi connectivity index (χ1n) is 5.21. The fraction of sp³-hybridized carbons (Fsp3) is 0.182. The molecule has 1 aromatic heterocycles. The SMILES string of the molecule is COC(=O)c1c(C(F)(F)F)nnn1-c1ccc(Cl)cc1. The van der Waals surface area contributed by atoms with Gasteiger partial charge in [0.05, 0.1) is 12.8 Å². The van der Waals surface area contributed by atoms with E-state index in [2.05, 4.69) is 15.0 Å². The highest BCUT2D eigenvalue weighted by Crippen LogP contribution is 2.31. The van der Waals surface area contributed by atoms with Gasteiger partial charge in [0.25, 0.3) is 0 Å². The number of rotatable bonds is 2. The fourth-order valence-electron chi connectivity index (χ4n) is 1.52. The van der Waals surface area contributed by atoms with Gasteiger partial charge in [0, 0.05) is 5.02 Å². The van der Waals surface area contributed by atoms with E-state index in [1.807, 2.05) is 0 Å². The number of ether oxygens (including phenoxy) is 1. The molecular formula is C11H7ClF3N3O2. The molecule has 0 aliphatic rings. The Morgan fingerprint density at radius 1 is 1.30 bits per heavy atom. The molecule has 0 fully saturated rings. The van der Waals surface area contributed by atoms with Gasteiger partial charge in [0.1, 0.15) is 0 Å². The molecule has 0 aliphatic carbocycles. The standard InChI is InChI=1S/C11H7ClF3N3O2/c1-20-10(19)8-9(11(13,14)15)16-17-18(8)7-4-2-6(12)3-5-7/h2-5H,1H3. The number of carbonyl (C=O) groups excluding carboxylic acids is 1. The highest BCUT2D eigenvalue weighted by atomic mass is 35.5. The molecular weight excluding hydrogens is 299 g/mol. The van der Waals surface area contributed by atoms with Crippen molar-refractivity contribution in [2.45, 2.75) is 6.18 Å². The van der Waals surface area contributed by atoms with E-state index < -0.39 is 23.5 Å². The van der Waals surface area contributed by atoms with Gasteiger partial charge in [-0.2, -0.15) is 13.2 Å². The van der Waals surface area contributed by atoms with Crippen molar-refractivity contribution >= 4 is 17.6 Å². The highest BCUT2D eigenvalue weighted by Gasteiger charge is 2.41. The van der Waals surface area contributed by atoms with E-state index in [4.69, 9.17) is 11.6 Å². The highest BCUT2D eigenvalue weighted by molar-refractivity contribution is 6.30. The molecule has 9 heteroatoms. The van der Waals surface area contributed by atoms with Crippen LogP contribution in [0.3, 0.4) is 0 Å². The quantitative estimate of drug-likeness (QED) is 0.801. The number of alkyl halides is 3. The summed E-state index contributed by atoms with van der Waals surface area (Å²) >= 11 is 5.69.